The van der Waals surface area contributed by atoms with Crippen LogP contribution in [-0.4, -0.2) is 43.8 Å². The van der Waals surface area contributed by atoms with Crippen molar-refractivity contribution in [2.45, 2.75) is 57.6 Å². The van der Waals surface area contributed by atoms with Gasteiger partial charge in [0.25, 0.3) is 10.0 Å². The molecule has 0 heterocycles. The number of halogens is 1. The number of carbonyl (C=O) groups excluding carboxylic acids is 2. The molecule has 0 fully saturated rings. The molecule has 230 valence electrons. The highest BCUT2D eigenvalue weighted by atomic mass is 32.2. The molecule has 0 radical (unpaired) electrons. The molecular formula is C35H38FN3O4S. The Morgan fingerprint density at radius 1 is 0.795 bits per heavy atom. The molecule has 0 aliphatic rings. The Balaban J connectivity index is 1.81. The van der Waals surface area contributed by atoms with Crippen molar-refractivity contribution in [1.29, 1.82) is 0 Å². The van der Waals surface area contributed by atoms with Crippen molar-refractivity contribution in [3.63, 3.8) is 0 Å². The molecule has 0 aliphatic carbocycles. The first-order valence-electron chi connectivity index (χ1n) is 14.5. The molecule has 7 nitrogen and oxygen atoms in total. The fraction of sp³-hybridized carbons (Fsp3) is 0.257. The second-order valence-corrected chi connectivity index (χ2v) is 13.0. The molecule has 0 aromatic heterocycles. The molecule has 0 aliphatic heterocycles. The van der Waals surface area contributed by atoms with Crippen LogP contribution in [0.15, 0.2) is 108 Å². The summed E-state index contributed by atoms with van der Waals surface area (Å²) < 4.78 is 43.0. The van der Waals surface area contributed by atoms with Gasteiger partial charge in [-0.1, -0.05) is 66.7 Å². The zero-order chi connectivity index (χ0) is 31.9. The molecule has 44 heavy (non-hydrogen) atoms. The first kappa shape index (κ1) is 32.4. The predicted octanol–water partition coefficient (Wildman–Crippen LogP) is 5.80. The van der Waals surface area contributed by atoms with E-state index in [1.165, 1.54) is 29.2 Å². The predicted molar refractivity (Wildman–Crippen MR) is 171 cm³/mol. The topological polar surface area (TPSA) is 86.8 Å². The molecule has 0 saturated carbocycles. The van der Waals surface area contributed by atoms with Crippen molar-refractivity contribution in [3.8, 4) is 0 Å². The summed E-state index contributed by atoms with van der Waals surface area (Å²) >= 11 is 0. The van der Waals surface area contributed by atoms with E-state index < -0.39 is 34.3 Å². The SMILES string of the molecule is Cc1ccc(N(CC(=O)N(Cc2ccc(F)cc2)[C@@H](Cc2ccccc2)C(=O)NC(C)C)S(=O)(=O)c2ccccc2)cc1C. The molecule has 0 unspecified atom stereocenters. The highest BCUT2D eigenvalue weighted by Gasteiger charge is 2.35. The van der Waals surface area contributed by atoms with Crippen LogP contribution in [-0.2, 0) is 32.6 Å². The summed E-state index contributed by atoms with van der Waals surface area (Å²) in [6, 6.07) is 27.0. The second-order valence-electron chi connectivity index (χ2n) is 11.1. The second kappa shape index (κ2) is 14.3. The zero-order valence-electron chi connectivity index (χ0n) is 25.4. The van der Waals surface area contributed by atoms with E-state index in [9.17, 15) is 22.4 Å². The summed E-state index contributed by atoms with van der Waals surface area (Å²) in [7, 11) is -4.18. The van der Waals surface area contributed by atoms with Crippen LogP contribution in [0.4, 0.5) is 10.1 Å². The molecule has 0 saturated heterocycles. The molecule has 1 N–H and O–H groups in total. The fourth-order valence-corrected chi connectivity index (χ4v) is 6.28. The standard InChI is InChI=1S/C35H38FN3O4S/c1-25(2)37-35(41)33(22-28-11-7-5-8-12-28)38(23-29-16-18-30(36)19-17-29)34(40)24-39(31-20-15-26(3)27(4)21-31)44(42,43)32-13-9-6-10-14-32/h5-21,25,33H,22-24H2,1-4H3,(H,37,41)/t33-/m0/s1. The van der Waals surface area contributed by atoms with E-state index in [1.807, 2.05) is 64.1 Å². The van der Waals surface area contributed by atoms with Gasteiger partial charge in [-0.05, 0) is 86.3 Å². The number of amides is 2. The van der Waals surface area contributed by atoms with Gasteiger partial charge in [0.2, 0.25) is 11.8 Å². The van der Waals surface area contributed by atoms with E-state index in [4.69, 9.17) is 0 Å². The number of aryl methyl sites for hydroxylation is 2. The summed E-state index contributed by atoms with van der Waals surface area (Å²) in [6.45, 7) is 6.87. The van der Waals surface area contributed by atoms with Crippen molar-refractivity contribution >= 4 is 27.5 Å². The van der Waals surface area contributed by atoms with Gasteiger partial charge in [0.1, 0.15) is 18.4 Å². The van der Waals surface area contributed by atoms with Gasteiger partial charge in [-0.15, -0.1) is 0 Å². The van der Waals surface area contributed by atoms with Gasteiger partial charge in [0, 0.05) is 19.0 Å². The quantitative estimate of drug-likeness (QED) is 0.218. The lowest BCUT2D eigenvalue weighted by atomic mass is 10.0. The third kappa shape index (κ3) is 8.11. The minimum Gasteiger partial charge on any atom is -0.352 e. The third-order valence-corrected chi connectivity index (χ3v) is 9.14. The van der Waals surface area contributed by atoms with Crippen molar-refractivity contribution in [2.24, 2.45) is 0 Å². The largest absolute Gasteiger partial charge is 0.352 e. The van der Waals surface area contributed by atoms with Gasteiger partial charge in [0.15, 0.2) is 0 Å². The lowest BCUT2D eigenvalue weighted by Gasteiger charge is -2.34. The lowest BCUT2D eigenvalue weighted by molar-refractivity contribution is -0.140. The number of anilines is 1. The number of carbonyl (C=O) groups is 2. The fourth-order valence-electron chi connectivity index (χ4n) is 4.85. The first-order chi connectivity index (χ1) is 21.0. The van der Waals surface area contributed by atoms with E-state index in [-0.39, 0.29) is 29.8 Å². The maximum atomic E-state index is 14.4. The molecule has 1 atom stereocenters. The van der Waals surface area contributed by atoms with Crippen LogP contribution in [0.2, 0.25) is 0 Å². The summed E-state index contributed by atoms with van der Waals surface area (Å²) in [5, 5.41) is 2.92. The molecule has 2 amide bonds. The Bertz CT molecular complexity index is 1680. The first-order valence-corrected chi connectivity index (χ1v) is 15.9. The van der Waals surface area contributed by atoms with Gasteiger partial charge in [-0.2, -0.15) is 0 Å². The van der Waals surface area contributed by atoms with E-state index in [2.05, 4.69) is 5.32 Å². The monoisotopic (exact) mass is 615 g/mol. The number of hydrogen-bond donors (Lipinski definition) is 1. The number of sulfonamides is 1. The third-order valence-electron chi connectivity index (χ3n) is 7.36. The Morgan fingerprint density at radius 2 is 1.41 bits per heavy atom. The molecule has 4 rings (SSSR count). The number of benzene rings is 4. The maximum Gasteiger partial charge on any atom is 0.264 e. The summed E-state index contributed by atoms with van der Waals surface area (Å²) in [6.07, 6.45) is 0.196. The Morgan fingerprint density at radius 3 is 2.00 bits per heavy atom. The summed E-state index contributed by atoms with van der Waals surface area (Å²) in [5.41, 5.74) is 3.60. The highest BCUT2D eigenvalue weighted by molar-refractivity contribution is 7.92. The molecular weight excluding hydrogens is 577 g/mol. The summed E-state index contributed by atoms with van der Waals surface area (Å²) in [5.74, 6) is -1.38. The van der Waals surface area contributed by atoms with Crippen LogP contribution in [0.5, 0.6) is 0 Å². The minimum absolute atomic E-state index is 0.0335. The average Bonchev–Trinajstić information content (AvgIpc) is 3.00. The normalized spacial score (nSPS) is 12.0. The van der Waals surface area contributed by atoms with Crippen LogP contribution in [0.1, 0.15) is 36.1 Å². The Kier molecular flexibility index (Phi) is 10.5. The molecule has 4 aromatic carbocycles. The maximum absolute atomic E-state index is 14.4. The zero-order valence-corrected chi connectivity index (χ0v) is 26.2. The highest BCUT2D eigenvalue weighted by Crippen LogP contribution is 2.27. The lowest BCUT2D eigenvalue weighted by Crippen LogP contribution is -2.54. The average molecular weight is 616 g/mol. The number of hydrogen-bond acceptors (Lipinski definition) is 4. The molecule has 4 aromatic rings. The smallest absolute Gasteiger partial charge is 0.264 e. The van der Waals surface area contributed by atoms with Crippen LogP contribution < -0.4 is 9.62 Å². The van der Waals surface area contributed by atoms with E-state index in [1.54, 1.807) is 42.5 Å². The Labute approximate surface area is 259 Å². The van der Waals surface area contributed by atoms with Gasteiger partial charge in [-0.25, -0.2) is 12.8 Å². The number of rotatable bonds is 12. The van der Waals surface area contributed by atoms with E-state index >= 15 is 0 Å². The van der Waals surface area contributed by atoms with E-state index in [0.717, 1.165) is 21.0 Å². The number of nitrogens with one attached hydrogen (secondary N) is 1. The van der Waals surface area contributed by atoms with Crippen molar-refractivity contribution in [2.75, 3.05) is 10.8 Å². The van der Waals surface area contributed by atoms with Gasteiger partial charge >= 0.3 is 0 Å². The van der Waals surface area contributed by atoms with Crippen LogP contribution in [0, 0.1) is 19.7 Å². The van der Waals surface area contributed by atoms with Gasteiger partial charge in [0.05, 0.1) is 10.6 Å². The summed E-state index contributed by atoms with van der Waals surface area (Å²) in [4.78, 5) is 29.6. The number of nitrogens with zero attached hydrogens (tertiary/aromatic N) is 2. The van der Waals surface area contributed by atoms with Crippen molar-refractivity contribution in [3.05, 3.63) is 131 Å². The molecule has 9 heteroatoms. The van der Waals surface area contributed by atoms with Crippen molar-refractivity contribution < 1.29 is 22.4 Å². The van der Waals surface area contributed by atoms with Crippen molar-refractivity contribution in [1.82, 2.24) is 10.2 Å². The molecule has 0 spiro atoms. The minimum atomic E-state index is -4.18. The van der Waals surface area contributed by atoms with E-state index in [0.29, 0.717) is 11.3 Å². The van der Waals surface area contributed by atoms with Crippen LogP contribution in [0.25, 0.3) is 0 Å². The molecule has 0 bridgehead atoms. The van der Waals surface area contributed by atoms with Gasteiger partial charge < -0.3 is 10.2 Å². The van der Waals surface area contributed by atoms with Crippen LogP contribution in [0.3, 0.4) is 0 Å². The Hall–Kier alpha value is -4.50. The van der Waals surface area contributed by atoms with Gasteiger partial charge in [-0.3, -0.25) is 13.9 Å². The van der Waals surface area contributed by atoms with Crippen LogP contribution >= 0.6 is 0 Å².